The maximum atomic E-state index is 5.97. The molecule has 18 heavy (non-hydrogen) atoms. The summed E-state index contributed by atoms with van der Waals surface area (Å²) in [4.78, 5) is 2.52. The van der Waals surface area contributed by atoms with Crippen molar-refractivity contribution in [1.82, 2.24) is 4.90 Å². The van der Waals surface area contributed by atoms with Crippen LogP contribution >= 0.6 is 0 Å². The van der Waals surface area contributed by atoms with Gasteiger partial charge in [0.15, 0.2) is 0 Å². The first-order valence-corrected chi connectivity index (χ1v) is 6.82. The second kappa shape index (κ2) is 6.21. The van der Waals surface area contributed by atoms with Crippen LogP contribution in [0.5, 0.6) is 5.75 Å². The predicted octanol–water partition coefficient (Wildman–Crippen LogP) is 2.43. The zero-order valence-electron chi connectivity index (χ0n) is 11.4. The van der Waals surface area contributed by atoms with Crippen molar-refractivity contribution in [3.05, 3.63) is 29.8 Å². The Hall–Kier alpha value is -1.06. The molecule has 3 heteroatoms. The van der Waals surface area contributed by atoms with E-state index in [-0.39, 0.29) is 0 Å². The molecule has 0 radical (unpaired) electrons. The summed E-state index contributed by atoms with van der Waals surface area (Å²) in [5, 5.41) is 0. The number of nitrogens with two attached hydrogens (primary N) is 1. The molecule has 0 bridgehead atoms. The Labute approximate surface area is 110 Å². The molecule has 0 aromatic heterocycles. The van der Waals surface area contributed by atoms with Crippen molar-refractivity contribution in [2.75, 3.05) is 26.7 Å². The van der Waals surface area contributed by atoms with Crippen molar-refractivity contribution < 1.29 is 4.74 Å². The fourth-order valence-corrected chi connectivity index (χ4v) is 2.66. The molecule has 2 N–H and O–H groups in total. The molecule has 0 unspecified atom stereocenters. The summed E-state index contributed by atoms with van der Waals surface area (Å²) in [6.07, 6.45) is 2.57. The Morgan fingerprint density at radius 2 is 1.89 bits per heavy atom. The van der Waals surface area contributed by atoms with Crippen LogP contribution in [0.3, 0.4) is 0 Å². The first-order chi connectivity index (χ1) is 8.74. The number of hydrogen-bond donors (Lipinski definition) is 1. The third kappa shape index (κ3) is 3.03. The third-order valence-corrected chi connectivity index (χ3v) is 3.98. The van der Waals surface area contributed by atoms with Crippen molar-refractivity contribution in [3.8, 4) is 5.75 Å². The minimum absolute atomic E-state index is 0.350. The van der Waals surface area contributed by atoms with Gasteiger partial charge in [0.1, 0.15) is 5.75 Å². The molecule has 1 atom stereocenters. The average molecular weight is 248 g/mol. The minimum atomic E-state index is 0.350. The van der Waals surface area contributed by atoms with Crippen LogP contribution in [-0.2, 0) is 0 Å². The molecule has 1 aliphatic heterocycles. The Bertz CT molecular complexity index is 355. The van der Waals surface area contributed by atoms with Gasteiger partial charge >= 0.3 is 0 Å². The SMILES string of the molecule is COc1ccc([C@@H](CN)N2CCC(C)CC2)cc1. The lowest BCUT2D eigenvalue weighted by atomic mass is 9.96. The predicted molar refractivity (Wildman–Crippen MR) is 74.8 cm³/mol. The normalized spacial score (nSPS) is 19.7. The zero-order chi connectivity index (χ0) is 13.0. The highest BCUT2D eigenvalue weighted by molar-refractivity contribution is 5.29. The van der Waals surface area contributed by atoms with Crippen LogP contribution in [0.25, 0.3) is 0 Å². The maximum Gasteiger partial charge on any atom is 0.118 e. The fourth-order valence-electron chi connectivity index (χ4n) is 2.66. The number of hydrogen-bond acceptors (Lipinski definition) is 3. The Morgan fingerprint density at radius 3 is 2.39 bits per heavy atom. The molecule has 0 aliphatic carbocycles. The molecule has 100 valence electrons. The van der Waals surface area contributed by atoms with Crippen LogP contribution in [0.15, 0.2) is 24.3 Å². The highest BCUT2D eigenvalue weighted by Crippen LogP contribution is 2.27. The molecule has 1 fully saturated rings. The largest absolute Gasteiger partial charge is 0.497 e. The molecular weight excluding hydrogens is 224 g/mol. The van der Waals surface area contributed by atoms with Gasteiger partial charge in [0.05, 0.1) is 7.11 Å². The summed E-state index contributed by atoms with van der Waals surface area (Å²) in [6, 6.07) is 8.65. The number of likely N-dealkylation sites (tertiary alicyclic amines) is 1. The van der Waals surface area contributed by atoms with E-state index in [2.05, 4.69) is 24.0 Å². The number of methoxy groups -OCH3 is 1. The van der Waals surface area contributed by atoms with E-state index < -0.39 is 0 Å². The van der Waals surface area contributed by atoms with E-state index in [9.17, 15) is 0 Å². The lowest BCUT2D eigenvalue weighted by Gasteiger charge is -2.36. The van der Waals surface area contributed by atoms with Gasteiger partial charge in [-0.25, -0.2) is 0 Å². The molecule has 3 nitrogen and oxygen atoms in total. The Kier molecular flexibility index (Phi) is 4.61. The van der Waals surface area contributed by atoms with E-state index in [1.807, 2.05) is 12.1 Å². The number of rotatable bonds is 4. The van der Waals surface area contributed by atoms with Crippen LogP contribution < -0.4 is 10.5 Å². The van der Waals surface area contributed by atoms with Gasteiger partial charge in [-0.15, -0.1) is 0 Å². The molecular formula is C15H24N2O. The van der Waals surface area contributed by atoms with Crippen molar-refractivity contribution in [2.24, 2.45) is 11.7 Å². The number of piperidine rings is 1. The number of benzene rings is 1. The van der Waals surface area contributed by atoms with Gasteiger partial charge < -0.3 is 10.5 Å². The van der Waals surface area contributed by atoms with Gasteiger partial charge in [0.2, 0.25) is 0 Å². The Balaban J connectivity index is 2.07. The lowest BCUT2D eigenvalue weighted by Crippen LogP contribution is -2.39. The van der Waals surface area contributed by atoms with Gasteiger partial charge in [0, 0.05) is 12.6 Å². The zero-order valence-corrected chi connectivity index (χ0v) is 11.4. The summed E-state index contributed by atoms with van der Waals surface area (Å²) in [5.74, 6) is 1.76. The van der Waals surface area contributed by atoms with Gasteiger partial charge in [-0.3, -0.25) is 4.90 Å². The van der Waals surface area contributed by atoms with Gasteiger partial charge in [0.25, 0.3) is 0 Å². The van der Waals surface area contributed by atoms with E-state index >= 15 is 0 Å². The van der Waals surface area contributed by atoms with Crippen molar-refractivity contribution >= 4 is 0 Å². The smallest absolute Gasteiger partial charge is 0.118 e. The summed E-state index contributed by atoms with van der Waals surface area (Å²) in [6.45, 7) is 5.34. The minimum Gasteiger partial charge on any atom is -0.497 e. The van der Waals surface area contributed by atoms with E-state index in [4.69, 9.17) is 10.5 Å². The molecule has 1 aromatic rings. The molecule has 2 rings (SSSR count). The quantitative estimate of drug-likeness (QED) is 0.889. The summed E-state index contributed by atoms with van der Waals surface area (Å²) >= 11 is 0. The van der Waals surface area contributed by atoms with E-state index in [0.29, 0.717) is 12.6 Å². The van der Waals surface area contributed by atoms with E-state index in [1.165, 1.54) is 18.4 Å². The van der Waals surface area contributed by atoms with Crippen LogP contribution in [0.1, 0.15) is 31.4 Å². The maximum absolute atomic E-state index is 5.97. The number of nitrogens with zero attached hydrogens (tertiary/aromatic N) is 1. The summed E-state index contributed by atoms with van der Waals surface area (Å²) < 4.78 is 5.20. The highest BCUT2D eigenvalue weighted by atomic mass is 16.5. The second-order valence-corrected chi connectivity index (χ2v) is 5.24. The van der Waals surface area contributed by atoms with E-state index in [1.54, 1.807) is 7.11 Å². The standard InChI is InChI=1S/C15H24N2O/c1-12-7-9-17(10-8-12)15(11-16)13-3-5-14(18-2)6-4-13/h3-6,12,15H,7-11,16H2,1-2H3/t15-/m1/s1. The van der Waals surface area contributed by atoms with Crippen molar-refractivity contribution in [1.29, 1.82) is 0 Å². The molecule has 1 heterocycles. The van der Waals surface area contributed by atoms with Crippen molar-refractivity contribution in [3.63, 3.8) is 0 Å². The monoisotopic (exact) mass is 248 g/mol. The molecule has 0 saturated carbocycles. The topological polar surface area (TPSA) is 38.5 Å². The fraction of sp³-hybridized carbons (Fsp3) is 0.600. The van der Waals surface area contributed by atoms with Crippen LogP contribution in [0.4, 0.5) is 0 Å². The van der Waals surface area contributed by atoms with Gasteiger partial charge in [-0.1, -0.05) is 19.1 Å². The Morgan fingerprint density at radius 1 is 1.28 bits per heavy atom. The van der Waals surface area contributed by atoms with E-state index in [0.717, 1.165) is 24.8 Å². The van der Waals surface area contributed by atoms with Crippen molar-refractivity contribution in [2.45, 2.75) is 25.8 Å². The van der Waals surface area contributed by atoms with Crippen LogP contribution in [-0.4, -0.2) is 31.6 Å². The highest BCUT2D eigenvalue weighted by Gasteiger charge is 2.23. The molecule has 0 spiro atoms. The molecule has 1 aliphatic rings. The summed E-state index contributed by atoms with van der Waals surface area (Å²) in [5.41, 5.74) is 7.27. The van der Waals surface area contributed by atoms with Crippen LogP contribution in [0.2, 0.25) is 0 Å². The van der Waals surface area contributed by atoms with Crippen LogP contribution in [0, 0.1) is 5.92 Å². The third-order valence-electron chi connectivity index (χ3n) is 3.98. The van der Waals surface area contributed by atoms with Gasteiger partial charge in [-0.05, 0) is 49.5 Å². The van der Waals surface area contributed by atoms with Gasteiger partial charge in [-0.2, -0.15) is 0 Å². The molecule has 1 aromatic carbocycles. The lowest BCUT2D eigenvalue weighted by molar-refractivity contribution is 0.141. The molecule has 1 saturated heterocycles. The second-order valence-electron chi connectivity index (χ2n) is 5.24. The number of ether oxygens (including phenoxy) is 1. The molecule has 0 amide bonds. The first-order valence-electron chi connectivity index (χ1n) is 6.82. The summed E-state index contributed by atoms with van der Waals surface area (Å²) in [7, 11) is 1.70. The average Bonchev–Trinajstić information content (AvgIpc) is 2.42. The first kappa shape index (κ1) is 13.4.